The van der Waals surface area contributed by atoms with Gasteiger partial charge < -0.3 is 4.74 Å². The summed E-state index contributed by atoms with van der Waals surface area (Å²) in [6.07, 6.45) is 2.87. The van der Waals surface area contributed by atoms with Gasteiger partial charge in [0.15, 0.2) is 0 Å². The summed E-state index contributed by atoms with van der Waals surface area (Å²) < 4.78 is 29.2. The zero-order chi connectivity index (χ0) is 15.4. The molecular weight excluding hydrogens is 290 g/mol. The Morgan fingerprint density at radius 1 is 1.00 bits per heavy atom. The Labute approximate surface area is 113 Å². The van der Waals surface area contributed by atoms with E-state index in [1.807, 2.05) is 6.07 Å². The first-order chi connectivity index (χ1) is 9.50. The Morgan fingerprint density at radius 2 is 1.55 bits per heavy atom. The molecule has 0 fully saturated rings. The molecule has 0 saturated heterocycles. The van der Waals surface area contributed by atoms with Gasteiger partial charge in [0, 0.05) is 0 Å². The molecule has 0 aliphatic heterocycles. The average molecular weight is 297 g/mol. The SMILES string of the molecule is COc1ccccc1N=C=O.O=C=NS(=O)(=O)N=C=O. The van der Waals surface area contributed by atoms with Crippen LogP contribution in [-0.4, -0.2) is 33.8 Å². The van der Waals surface area contributed by atoms with Gasteiger partial charge in [0.05, 0.1) is 7.11 Å². The van der Waals surface area contributed by atoms with Crippen molar-refractivity contribution in [3.8, 4) is 5.75 Å². The van der Waals surface area contributed by atoms with E-state index >= 15 is 0 Å². The van der Waals surface area contributed by atoms with E-state index in [1.54, 1.807) is 18.2 Å². The van der Waals surface area contributed by atoms with Crippen LogP contribution >= 0.6 is 0 Å². The van der Waals surface area contributed by atoms with E-state index in [9.17, 15) is 22.8 Å². The van der Waals surface area contributed by atoms with Gasteiger partial charge in [-0.15, -0.1) is 0 Å². The lowest BCUT2D eigenvalue weighted by Gasteiger charge is -1.99. The number of isocyanates is 3. The van der Waals surface area contributed by atoms with Crippen molar-refractivity contribution in [1.82, 2.24) is 0 Å². The van der Waals surface area contributed by atoms with Crippen LogP contribution in [0.4, 0.5) is 5.69 Å². The Morgan fingerprint density at radius 3 is 2.00 bits per heavy atom. The molecule has 0 atom stereocenters. The highest BCUT2D eigenvalue weighted by Gasteiger charge is 2.00. The maximum absolute atomic E-state index is 9.97. The summed E-state index contributed by atoms with van der Waals surface area (Å²) in [5, 5.41) is 0. The minimum absolute atomic E-state index is 0.505. The Hall–Kier alpha value is -2.89. The van der Waals surface area contributed by atoms with Crippen LogP contribution in [0.25, 0.3) is 0 Å². The molecule has 0 spiro atoms. The lowest BCUT2D eigenvalue weighted by Crippen LogP contribution is -1.86. The van der Waals surface area contributed by atoms with Crippen molar-refractivity contribution < 1.29 is 27.5 Å². The van der Waals surface area contributed by atoms with Crippen LogP contribution in [0.5, 0.6) is 5.75 Å². The molecule has 10 heteroatoms. The number of hydrogen-bond acceptors (Lipinski definition) is 7. The fourth-order valence-electron chi connectivity index (χ4n) is 0.886. The summed E-state index contributed by atoms with van der Waals surface area (Å²) in [7, 11) is -2.75. The van der Waals surface area contributed by atoms with Gasteiger partial charge in [-0.05, 0) is 12.1 Å². The number of para-hydroxylation sites is 2. The molecule has 0 amide bonds. The lowest BCUT2D eigenvalue weighted by molar-refractivity contribution is 0.416. The predicted molar refractivity (Wildman–Crippen MR) is 65.9 cm³/mol. The molecule has 20 heavy (non-hydrogen) atoms. The normalized spacial score (nSPS) is 8.65. The van der Waals surface area contributed by atoms with Crippen LogP contribution in [0.2, 0.25) is 0 Å². The number of carbonyl (C=O) groups excluding carboxylic acids is 3. The second kappa shape index (κ2) is 9.09. The van der Waals surface area contributed by atoms with Crippen LogP contribution in [0, 0.1) is 0 Å². The first-order valence-corrected chi connectivity index (χ1v) is 6.04. The fraction of sp³-hybridized carbons (Fsp3) is 0.100. The molecule has 1 aromatic rings. The van der Waals surface area contributed by atoms with Gasteiger partial charge in [-0.2, -0.15) is 13.4 Å². The zero-order valence-electron chi connectivity index (χ0n) is 10.0. The van der Waals surface area contributed by atoms with Gasteiger partial charge in [-0.1, -0.05) is 20.9 Å². The Balaban J connectivity index is 0.000000370. The van der Waals surface area contributed by atoms with Crippen LogP contribution in [0.15, 0.2) is 38.1 Å². The predicted octanol–water partition coefficient (Wildman–Crippen LogP) is 0.565. The molecule has 0 radical (unpaired) electrons. The van der Waals surface area contributed by atoms with Crippen LogP contribution < -0.4 is 4.74 Å². The number of rotatable bonds is 4. The molecule has 1 aromatic carbocycles. The van der Waals surface area contributed by atoms with Crippen LogP contribution in [0.3, 0.4) is 0 Å². The van der Waals surface area contributed by atoms with Gasteiger partial charge >= 0.3 is 10.2 Å². The second-order valence-corrected chi connectivity index (χ2v) is 3.95. The van der Waals surface area contributed by atoms with Gasteiger partial charge in [0.2, 0.25) is 6.08 Å². The topological polar surface area (TPSA) is 132 Å². The van der Waals surface area contributed by atoms with E-state index in [4.69, 9.17) is 4.74 Å². The standard InChI is InChI=1S/C8H7NO2.C2N2O4S/c1-11-8-5-3-2-4-7(8)9-6-10;5-1-3-9(7,8)4-2-6/h2-5H,1H3;. The summed E-state index contributed by atoms with van der Waals surface area (Å²) in [6.45, 7) is 0. The maximum Gasteiger partial charge on any atom is 0.383 e. The summed E-state index contributed by atoms with van der Waals surface area (Å²) in [5.41, 5.74) is 0.505. The van der Waals surface area contributed by atoms with Crippen molar-refractivity contribution in [1.29, 1.82) is 0 Å². The van der Waals surface area contributed by atoms with Gasteiger partial charge in [0.1, 0.15) is 11.4 Å². The lowest BCUT2D eigenvalue weighted by atomic mass is 10.3. The highest BCUT2D eigenvalue weighted by atomic mass is 32.2. The quantitative estimate of drug-likeness (QED) is 0.589. The third-order valence-electron chi connectivity index (χ3n) is 1.56. The summed E-state index contributed by atoms with van der Waals surface area (Å²) >= 11 is 0. The molecule has 1 rings (SSSR count). The first-order valence-electron chi connectivity index (χ1n) is 4.65. The van der Waals surface area contributed by atoms with Gasteiger partial charge in [-0.3, -0.25) is 0 Å². The number of hydrogen-bond donors (Lipinski definition) is 0. The van der Waals surface area contributed by atoms with Crippen molar-refractivity contribution in [2.75, 3.05) is 7.11 Å². The number of benzene rings is 1. The molecule has 0 aliphatic rings. The van der Waals surface area contributed by atoms with E-state index in [1.165, 1.54) is 13.2 Å². The second-order valence-electron chi connectivity index (χ2n) is 2.69. The Bertz CT molecular complexity index is 671. The molecule has 0 bridgehead atoms. The summed E-state index contributed by atoms with van der Waals surface area (Å²) in [6, 6.07) is 7.00. The molecule has 0 heterocycles. The van der Waals surface area contributed by atoms with Crippen molar-refractivity contribution >= 4 is 34.1 Å². The van der Waals surface area contributed by atoms with E-state index < -0.39 is 10.2 Å². The number of ether oxygens (including phenoxy) is 1. The molecule has 0 saturated carbocycles. The third kappa shape index (κ3) is 6.75. The molecule has 9 nitrogen and oxygen atoms in total. The van der Waals surface area contributed by atoms with Crippen molar-refractivity contribution in [2.24, 2.45) is 13.8 Å². The highest BCUT2D eigenvalue weighted by molar-refractivity contribution is 7.89. The summed E-state index contributed by atoms with van der Waals surface area (Å²) in [4.78, 5) is 31.8. The molecule has 0 unspecified atom stereocenters. The van der Waals surface area contributed by atoms with Crippen molar-refractivity contribution in [2.45, 2.75) is 0 Å². The molecule has 0 aliphatic carbocycles. The minimum Gasteiger partial charge on any atom is -0.494 e. The zero-order valence-corrected chi connectivity index (χ0v) is 10.8. The minimum atomic E-state index is -4.28. The van der Waals surface area contributed by atoms with Gasteiger partial charge in [0.25, 0.3) is 12.2 Å². The van der Waals surface area contributed by atoms with E-state index in [0.29, 0.717) is 23.6 Å². The average Bonchev–Trinajstić information content (AvgIpc) is 2.40. The van der Waals surface area contributed by atoms with E-state index in [0.717, 1.165) is 0 Å². The molecule has 104 valence electrons. The fourth-order valence-corrected chi connectivity index (χ4v) is 1.12. The largest absolute Gasteiger partial charge is 0.494 e. The molecule has 0 aromatic heterocycles. The molecule has 0 N–H and O–H groups in total. The Kier molecular flexibility index (Phi) is 7.78. The van der Waals surface area contributed by atoms with Crippen LogP contribution in [-0.2, 0) is 24.6 Å². The number of nitrogens with zero attached hydrogens (tertiary/aromatic N) is 3. The smallest absolute Gasteiger partial charge is 0.383 e. The van der Waals surface area contributed by atoms with Crippen LogP contribution in [0.1, 0.15) is 0 Å². The third-order valence-corrected chi connectivity index (χ3v) is 2.17. The number of aliphatic imine (C=N–C) groups is 1. The van der Waals surface area contributed by atoms with E-state index in [2.05, 4.69) is 13.8 Å². The van der Waals surface area contributed by atoms with E-state index in [-0.39, 0.29) is 0 Å². The number of methoxy groups -OCH3 is 1. The van der Waals surface area contributed by atoms with Crippen molar-refractivity contribution in [3.63, 3.8) is 0 Å². The monoisotopic (exact) mass is 297 g/mol. The molecular formula is C10H7N3O6S. The van der Waals surface area contributed by atoms with Gasteiger partial charge in [-0.25, -0.2) is 14.4 Å². The summed E-state index contributed by atoms with van der Waals surface area (Å²) in [5.74, 6) is 0.579. The maximum atomic E-state index is 9.97. The highest BCUT2D eigenvalue weighted by Crippen LogP contribution is 2.25. The van der Waals surface area contributed by atoms with Crippen molar-refractivity contribution in [3.05, 3.63) is 24.3 Å². The first kappa shape index (κ1) is 17.1.